The summed E-state index contributed by atoms with van der Waals surface area (Å²) < 4.78 is 12.9. The molecule has 0 radical (unpaired) electrons. The number of phenols is 1. The van der Waals surface area contributed by atoms with Crippen molar-refractivity contribution in [2.45, 2.75) is 26.3 Å². The summed E-state index contributed by atoms with van der Waals surface area (Å²) in [6.07, 6.45) is 2.03. The maximum atomic E-state index is 12.9. The summed E-state index contributed by atoms with van der Waals surface area (Å²) >= 11 is 0. The average Bonchev–Trinajstić information content (AvgIpc) is 2.41. The molecule has 1 aromatic carbocycles. The van der Waals surface area contributed by atoms with E-state index in [1.807, 2.05) is 26.0 Å². The number of rotatable bonds is 4. The monoisotopic (exact) mass is 260 g/mol. The Labute approximate surface area is 112 Å². The predicted molar refractivity (Wildman–Crippen MR) is 73.7 cm³/mol. The molecule has 19 heavy (non-hydrogen) atoms. The van der Waals surface area contributed by atoms with Crippen LogP contribution >= 0.6 is 0 Å². The van der Waals surface area contributed by atoms with E-state index in [0.29, 0.717) is 0 Å². The molecule has 0 saturated carbocycles. The smallest absolute Gasteiger partial charge is 0.141 e. The first-order chi connectivity index (χ1) is 9.10. The van der Waals surface area contributed by atoms with Crippen molar-refractivity contribution in [3.63, 3.8) is 0 Å². The van der Waals surface area contributed by atoms with Crippen molar-refractivity contribution < 1.29 is 9.50 Å². The molecule has 0 aliphatic carbocycles. The Hall–Kier alpha value is -2.10. The van der Waals surface area contributed by atoms with Gasteiger partial charge in [-0.3, -0.25) is 4.98 Å². The van der Waals surface area contributed by atoms with Gasteiger partial charge in [0, 0.05) is 11.8 Å². The lowest BCUT2D eigenvalue weighted by Crippen LogP contribution is -2.11. The molecule has 0 amide bonds. The molecule has 2 rings (SSSR count). The van der Waals surface area contributed by atoms with Crippen molar-refractivity contribution in [1.82, 2.24) is 4.98 Å². The quantitative estimate of drug-likeness (QED) is 0.879. The minimum atomic E-state index is -0.341. The Morgan fingerprint density at radius 2 is 2.11 bits per heavy atom. The van der Waals surface area contributed by atoms with Gasteiger partial charge in [-0.05, 0) is 37.1 Å². The summed E-state index contributed by atoms with van der Waals surface area (Å²) in [6, 6.07) is 8.50. The molecular formula is C15H17FN2O. The fourth-order valence-electron chi connectivity index (χ4n) is 1.88. The molecule has 0 bridgehead atoms. The molecule has 1 aromatic heterocycles. The molecule has 2 N–H and O–H groups in total. The van der Waals surface area contributed by atoms with E-state index >= 15 is 0 Å². The van der Waals surface area contributed by atoms with Crippen LogP contribution in [0.5, 0.6) is 5.75 Å². The van der Waals surface area contributed by atoms with Crippen LogP contribution in [-0.4, -0.2) is 10.1 Å². The zero-order valence-corrected chi connectivity index (χ0v) is 11.0. The normalized spacial score (nSPS) is 12.2. The Morgan fingerprint density at radius 3 is 2.68 bits per heavy atom. The van der Waals surface area contributed by atoms with Crippen LogP contribution in [0, 0.1) is 12.7 Å². The number of hydrogen-bond acceptors (Lipinski definition) is 3. The van der Waals surface area contributed by atoms with E-state index < -0.39 is 0 Å². The second-order valence-electron chi connectivity index (χ2n) is 4.51. The van der Waals surface area contributed by atoms with Crippen molar-refractivity contribution in [2.75, 3.05) is 5.32 Å². The molecule has 0 spiro atoms. The van der Waals surface area contributed by atoms with Crippen molar-refractivity contribution in [2.24, 2.45) is 0 Å². The highest BCUT2D eigenvalue weighted by Crippen LogP contribution is 2.25. The van der Waals surface area contributed by atoms with Gasteiger partial charge >= 0.3 is 0 Å². The number of nitrogens with zero attached hydrogens (tertiary/aromatic N) is 1. The molecule has 0 saturated heterocycles. The molecule has 100 valence electrons. The van der Waals surface area contributed by atoms with Gasteiger partial charge in [0.25, 0.3) is 0 Å². The number of nitrogens with one attached hydrogen (secondary N) is 1. The molecule has 0 aliphatic rings. The molecule has 0 aliphatic heterocycles. The van der Waals surface area contributed by atoms with E-state index in [9.17, 15) is 9.50 Å². The van der Waals surface area contributed by atoms with E-state index in [0.717, 1.165) is 23.4 Å². The Bertz CT molecular complexity index is 555. The van der Waals surface area contributed by atoms with Gasteiger partial charge in [-0.25, -0.2) is 4.39 Å². The summed E-state index contributed by atoms with van der Waals surface area (Å²) in [5, 5.41) is 13.0. The molecule has 4 heteroatoms. The zero-order valence-electron chi connectivity index (χ0n) is 11.0. The Kier molecular flexibility index (Phi) is 4.00. The predicted octanol–water partition coefficient (Wildman–Crippen LogP) is 3.80. The van der Waals surface area contributed by atoms with Gasteiger partial charge in [0.15, 0.2) is 0 Å². The summed E-state index contributed by atoms with van der Waals surface area (Å²) in [7, 11) is 0. The molecular weight excluding hydrogens is 243 g/mol. The number of aryl methyl sites for hydroxylation is 1. The van der Waals surface area contributed by atoms with Gasteiger partial charge in [0.2, 0.25) is 0 Å². The molecule has 3 nitrogen and oxygen atoms in total. The fraction of sp³-hybridized carbons (Fsp3) is 0.267. The Morgan fingerprint density at radius 1 is 1.32 bits per heavy atom. The number of hydrogen-bond donors (Lipinski definition) is 2. The zero-order chi connectivity index (χ0) is 13.8. The van der Waals surface area contributed by atoms with Crippen molar-refractivity contribution >= 4 is 5.69 Å². The molecule has 1 unspecified atom stereocenters. The first kappa shape index (κ1) is 13.3. The average molecular weight is 260 g/mol. The number of benzene rings is 1. The SMILES string of the molecule is CCC(Nc1ccc(C)c(O)c1)c1ccc(F)cn1. The molecule has 1 heterocycles. The van der Waals surface area contributed by atoms with E-state index in [-0.39, 0.29) is 17.6 Å². The topological polar surface area (TPSA) is 45.1 Å². The summed E-state index contributed by atoms with van der Waals surface area (Å²) in [6.45, 7) is 3.87. The van der Waals surface area contributed by atoms with Crippen molar-refractivity contribution in [1.29, 1.82) is 0 Å². The van der Waals surface area contributed by atoms with Gasteiger partial charge in [-0.15, -0.1) is 0 Å². The molecule has 0 fully saturated rings. The number of aromatic hydroxyl groups is 1. The van der Waals surface area contributed by atoms with E-state index in [1.165, 1.54) is 12.3 Å². The van der Waals surface area contributed by atoms with Gasteiger partial charge in [0.1, 0.15) is 11.6 Å². The first-order valence-corrected chi connectivity index (χ1v) is 6.27. The standard InChI is InChI=1S/C15H17FN2O/c1-3-13(14-7-5-11(16)9-17-14)18-12-6-4-10(2)15(19)8-12/h4-9,13,18-19H,3H2,1-2H3. The minimum absolute atomic E-state index is 0.0114. The lowest BCUT2D eigenvalue weighted by Gasteiger charge is -2.18. The Balaban J connectivity index is 2.18. The van der Waals surface area contributed by atoms with Gasteiger partial charge in [-0.2, -0.15) is 0 Å². The summed E-state index contributed by atoms with van der Waals surface area (Å²) in [4.78, 5) is 4.09. The lowest BCUT2D eigenvalue weighted by atomic mass is 10.1. The maximum absolute atomic E-state index is 12.9. The van der Waals surface area contributed by atoms with Crippen LogP contribution in [0.15, 0.2) is 36.5 Å². The van der Waals surface area contributed by atoms with Gasteiger partial charge < -0.3 is 10.4 Å². The third-order valence-corrected chi connectivity index (χ3v) is 3.07. The van der Waals surface area contributed by atoms with Crippen LogP contribution < -0.4 is 5.32 Å². The van der Waals surface area contributed by atoms with Gasteiger partial charge in [0.05, 0.1) is 17.9 Å². The first-order valence-electron chi connectivity index (χ1n) is 6.27. The number of pyridine rings is 1. The third-order valence-electron chi connectivity index (χ3n) is 3.07. The number of phenolic OH excluding ortho intramolecular Hbond substituents is 1. The van der Waals surface area contributed by atoms with Crippen LogP contribution in [0.3, 0.4) is 0 Å². The van der Waals surface area contributed by atoms with Crippen molar-refractivity contribution in [3.8, 4) is 5.75 Å². The number of halogens is 1. The highest BCUT2D eigenvalue weighted by Gasteiger charge is 2.11. The lowest BCUT2D eigenvalue weighted by molar-refractivity contribution is 0.471. The molecule has 2 aromatic rings. The fourth-order valence-corrected chi connectivity index (χ4v) is 1.88. The second kappa shape index (κ2) is 5.69. The third kappa shape index (κ3) is 3.22. The summed E-state index contributed by atoms with van der Waals surface area (Å²) in [5.41, 5.74) is 2.43. The highest BCUT2D eigenvalue weighted by atomic mass is 19.1. The summed E-state index contributed by atoms with van der Waals surface area (Å²) in [5.74, 6) is -0.0847. The van der Waals surface area contributed by atoms with E-state index in [4.69, 9.17) is 0 Å². The van der Waals surface area contributed by atoms with Crippen LogP contribution in [0.25, 0.3) is 0 Å². The van der Waals surface area contributed by atoms with Crippen LogP contribution in [0.2, 0.25) is 0 Å². The largest absolute Gasteiger partial charge is 0.508 e. The maximum Gasteiger partial charge on any atom is 0.141 e. The molecule has 1 atom stereocenters. The van der Waals surface area contributed by atoms with E-state index in [2.05, 4.69) is 10.3 Å². The second-order valence-corrected chi connectivity index (χ2v) is 4.51. The van der Waals surface area contributed by atoms with Crippen LogP contribution in [0.1, 0.15) is 30.6 Å². The van der Waals surface area contributed by atoms with E-state index in [1.54, 1.807) is 12.1 Å². The number of anilines is 1. The van der Waals surface area contributed by atoms with Gasteiger partial charge in [-0.1, -0.05) is 13.0 Å². The highest BCUT2D eigenvalue weighted by molar-refractivity contribution is 5.52. The number of aromatic nitrogens is 1. The van der Waals surface area contributed by atoms with Crippen molar-refractivity contribution in [3.05, 3.63) is 53.6 Å². The van der Waals surface area contributed by atoms with Crippen LogP contribution in [0.4, 0.5) is 10.1 Å². The van der Waals surface area contributed by atoms with Crippen LogP contribution in [-0.2, 0) is 0 Å². The minimum Gasteiger partial charge on any atom is -0.508 e.